The lowest BCUT2D eigenvalue weighted by Crippen LogP contribution is -2.20. The van der Waals surface area contributed by atoms with Crippen LogP contribution < -0.4 is 5.56 Å². The molecule has 0 aliphatic rings. The summed E-state index contributed by atoms with van der Waals surface area (Å²) >= 11 is 6.12. The summed E-state index contributed by atoms with van der Waals surface area (Å²) < 4.78 is 1.54. The highest BCUT2D eigenvalue weighted by Gasteiger charge is 2.05. The van der Waals surface area contributed by atoms with E-state index >= 15 is 0 Å². The second-order valence-corrected chi connectivity index (χ2v) is 5.11. The average molecular weight is 297 g/mol. The zero-order valence-electron chi connectivity index (χ0n) is 11.5. The molecule has 0 amide bonds. The van der Waals surface area contributed by atoms with Crippen LogP contribution in [0.25, 0.3) is 23.1 Å². The molecular formula is C17H13ClN2O. The summed E-state index contributed by atoms with van der Waals surface area (Å²) in [5, 5.41) is 1.29. The SMILES string of the molecule is Cn1c(C=Cc2ccccc2Cl)nc2ccccc2c1=O. The highest BCUT2D eigenvalue weighted by atomic mass is 35.5. The molecule has 2 aromatic carbocycles. The zero-order chi connectivity index (χ0) is 14.8. The Balaban J connectivity index is 2.11. The molecule has 3 aromatic rings. The first-order chi connectivity index (χ1) is 10.2. The van der Waals surface area contributed by atoms with E-state index in [1.54, 1.807) is 19.2 Å². The number of nitrogens with zero attached hydrogens (tertiary/aromatic N) is 2. The van der Waals surface area contributed by atoms with Gasteiger partial charge in [0.05, 0.1) is 10.9 Å². The molecule has 1 aromatic heterocycles. The van der Waals surface area contributed by atoms with Crippen LogP contribution >= 0.6 is 11.6 Å². The van der Waals surface area contributed by atoms with Gasteiger partial charge in [-0.3, -0.25) is 9.36 Å². The van der Waals surface area contributed by atoms with Crippen molar-refractivity contribution < 1.29 is 0 Å². The molecule has 0 saturated heterocycles. The Labute approximate surface area is 127 Å². The fourth-order valence-electron chi connectivity index (χ4n) is 2.16. The highest BCUT2D eigenvalue weighted by molar-refractivity contribution is 6.32. The van der Waals surface area contributed by atoms with Crippen molar-refractivity contribution in [2.45, 2.75) is 0 Å². The lowest BCUT2D eigenvalue weighted by atomic mass is 10.2. The highest BCUT2D eigenvalue weighted by Crippen LogP contribution is 2.17. The average Bonchev–Trinajstić information content (AvgIpc) is 2.51. The van der Waals surface area contributed by atoms with Crippen molar-refractivity contribution in [3.05, 3.63) is 75.3 Å². The lowest BCUT2D eigenvalue weighted by Gasteiger charge is -2.05. The van der Waals surface area contributed by atoms with E-state index in [2.05, 4.69) is 4.98 Å². The third-order valence-corrected chi connectivity index (χ3v) is 3.68. The molecule has 104 valence electrons. The minimum Gasteiger partial charge on any atom is -0.296 e. The summed E-state index contributed by atoms with van der Waals surface area (Å²) in [6.07, 6.45) is 3.66. The van der Waals surface area contributed by atoms with Gasteiger partial charge in [-0.1, -0.05) is 41.9 Å². The maximum Gasteiger partial charge on any atom is 0.261 e. The van der Waals surface area contributed by atoms with Crippen LogP contribution in [0.5, 0.6) is 0 Å². The van der Waals surface area contributed by atoms with Gasteiger partial charge in [0.2, 0.25) is 0 Å². The minimum atomic E-state index is -0.0561. The predicted molar refractivity (Wildman–Crippen MR) is 87.4 cm³/mol. The first-order valence-electron chi connectivity index (χ1n) is 6.55. The summed E-state index contributed by atoms with van der Waals surface area (Å²) in [6, 6.07) is 14.9. The van der Waals surface area contributed by atoms with Gasteiger partial charge >= 0.3 is 0 Å². The number of hydrogen-bond donors (Lipinski definition) is 0. The Kier molecular flexibility index (Phi) is 3.59. The van der Waals surface area contributed by atoms with E-state index in [-0.39, 0.29) is 5.56 Å². The second-order valence-electron chi connectivity index (χ2n) is 4.71. The fraction of sp³-hybridized carbons (Fsp3) is 0.0588. The largest absolute Gasteiger partial charge is 0.296 e. The van der Waals surface area contributed by atoms with Crippen molar-refractivity contribution in [2.24, 2.45) is 7.05 Å². The number of fused-ring (bicyclic) bond motifs is 1. The van der Waals surface area contributed by atoms with Crippen LogP contribution in [0.15, 0.2) is 53.3 Å². The third kappa shape index (κ3) is 2.60. The van der Waals surface area contributed by atoms with Gasteiger partial charge in [-0.25, -0.2) is 4.98 Å². The van der Waals surface area contributed by atoms with E-state index in [1.165, 1.54) is 4.57 Å². The number of benzene rings is 2. The zero-order valence-corrected chi connectivity index (χ0v) is 12.2. The first-order valence-corrected chi connectivity index (χ1v) is 6.93. The van der Waals surface area contributed by atoms with Gasteiger partial charge in [0, 0.05) is 12.1 Å². The molecule has 21 heavy (non-hydrogen) atoms. The van der Waals surface area contributed by atoms with Crippen molar-refractivity contribution in [3.8, 4) is 0 Å². The van der Waals surface area contributed by atoms with Crippen LogP contribution in [0.4, 0.5) is 0 Å². The summed E-state index contributed by atoms with van der Waals surface area (Å²) in [7, 11) is 1.72. The Bertz CT molecular complexity index is 897. The second kappa shape index (κ2) is 5.54. The third-order valence-electron chi connectivity index (χ3n) is 3.33. The summed E-state index contributed by atoms with van der Waals surface area (Å²) in [5.74, 6) is 0.596. The maximum absolute atomic E-state index is 12.3. The Morgan fingerprint density at radius 1 is 1.05 bits per heavy atom. The number of hydrogen-bond acceptors (Lipinski definition) is 2. The van der Waals surface area contributed by atoms with Gasteiger partial charge in [-0.2, -0.15) is 0 Å². The molecular weight excluding hydrogens is 284 g/mol. The first kappa shape index (κ1) is 13.6. The van der Waals surface area contributed by atoms with Crippen molar-refractivity contribution in [2.75, 3.05) is 0 Å². The van der Waals surface area contributed by atoms with Crippen LogP contribution in [0.1, 0.15) is 11.4 Å². The molecule has 0 bridgehead atoms. The Morgan fingerprint density at radius 2 is 1.76 bits per heavy atom. The molecule has 0 fully saturated rings. The van der Waals surface area contributed by atoms with E-state index < -0.39 is 0 Å². The van der Waals surface area contributed by atoms with E-state index in [0.29, 0.717) is 21.7 Å². The Hall–Kier alpha value is -2.39. The number of para-hydroxylation sites is 1. The molecule has 0 radical (unpaired) electrons. The molecule has 0 spiro atoms. The predicted octanol–water partition coefficient (Wildman–Crippen LogP) is 3.76. The van der Waals surface area contributed by atoms with Gasteiger partial charge < -0.3 is 0 Å². The van der Waals surface area contributed by atoms with Crippen molar-refractivity contribution in [1.29, 1.82) is 0 Å². The standard InChI is InChI=1S/C17H13ClN2O/c1-20-16(11-10-12-6-2-4-8-14(12)18)19-15-9-5-3-7-13(15)17(20)21/h2-11H,1H3. The van der Waals surface area contributed by atoms with Crippen molar-refractivity contribution >= 4 is 34.7 Å². The topological polar surface area (TPSA) is 34.9 Å². The quantitative estimate of drug-likeness (QED) is 0.722. The molecule has 3 rings (SSSR count). The van der Waals surface area contributed by atoms with E-state index in [9.17, 15) is 4.79 Å². The normalized spacial score (nSPS) is 11.3. The van der Waals surface area contributed by atoms with Crippen LogP contribution in [-0.4, -0.2) is 9.55 Å². The minimum absolute atomic E-state index is 0.0561. The summed E-state index contributed by atoms with van der Waals surface area (Å²) in [4.78, 5) is 16.8. The number of aromatic nitrogens is 2. The van der Waals surface area contributed by atoms with Crippen molar-refractivity contribution in [3.63, 3.8) is 0 Å². The lowest BCUT2D eigenvalue weighted by molar-refractivity contribution is 0.828. The van der Waals surface area contributed by atoms with Crippen molar-refractivity contribution in [1.82, 2.24) is 9.55 Å². The summed E-state index contributed by atoms with van der Waals surface area (Å²) in [6.45, 7) is 0. The molecule has 0 N–H and O–H groups in total. The molecule has 0 saturated carbocycles. The molecule has 3 nitrogen and oxygen atoms in total. The molecule has 4 heteroatoms. The van der Waals surface area contributed by atoms with Crippen LogP contribution in [0, 0.1) is 0 Å². The van der Waals surface area contributed by atoms with Crippen LogP contribution in [0.2, 0.25) is 5.02 Å². The van der Waals surface area contributed by atoms with Crippen LogP contribution in [0.3, 0.4) is 0 Å². The molecule has 0 unspecified atom stereocenters. The number of halogens is 1. The smallest absolute Gasteiger partial charge is 0.261 e. The van der Waals surface area contributed by atoms with Gasteiger partial charge in [-0.05, 0) is 35.9 Å². The molecule has 1 heterocycles. The van der Waals surface area contributed by atoms with Crippen LogP contribution in [-0.2, 0) is 7.05 Å². The van der Waals surface area contributed by atoms with E-state index in [0.717, 1.165) is 5.56 Å². The summed E-state index contributed by atoms with van der Waals surface area (Å²) in [5.41, 5.74) is 1.53. The van der Waals surface area contributed by atoms with Gasteiger partial charge in [-0.15, -0.1) is 0 Å². The van der Waals surface area contributed by atoms with Gasteiger partial charge in [0.15, 0.2) is 0 Å². The Morgan fingerprint density at radius 3 is 2.57 bits per heavy atom. The molecule has 0 aliphatic heterocycles. The van der Waals surface area contributed by atoms with E-state index in [1.807, 2.05) is 48.5 Å². The maximum atomic E-state index is 12.3. The van der Waals surface area contributed by atoms with Gasteiger partial charge in [0.1, 0.15) is 5.82 Å². The van der Waals surface area contributed by atoms with E-state index in [4.69, 9.17) is 11.6 Å². The fourth-order valence-corrected chi connectivity index (χ4v) is 2.36. The monoisotopic (exact) mass is 296 g/mol. The van der Waals surface area contributed by atoms with Gasteiger partial charge in [0.25, 0.3) is 5.56 Å². The molecule has 0 aliphatic carbocycles. The molecule has 0 atom stereocenters. The number of rotatable bonds is 2.